The minimum atomic E-state index is -4.09. The number of hydrogen-bond acceptors (Lipinski definition) is 3. The van der Waals surface area contributed by atoms with Gasteiger partial charge >= 0.3 is 0 Å². The quantitative estimate of drug-likeness (QED) is 0.627. The summed E-state index contributed by atoms with van der Waals surface area (Å²) in [5.74, 6) is -2.75. The first-order valence-corrected chi connectivity index (χ1v) is 9.75. The molecule has 0 saturated carbocycles. The largest absolute Gasteiger partial charge is 0.322 e. The summed E-state index contributed by atoms with van der Waals surface area (Å²) in [5, 5.41) is 3.17. The van der Waals surface area contributed by atoms with Crippen molar-refractivity contribution in [1.29, 1.82) is 0 Å². The number of hydrogen-bond donors (Lipinski definition) is 2. The molecule has 0 spiro atoms. The van der Waals surface area contributed by atoms with Crippen LogP contribution in [0.2, 0.25) is 5.02 Å². The number of anilines is 2. The van der Waals surface area contributed by atoms with Crippen LogP contribution in [0.4, 0.5) is 20.2 Å². The third kappa shape index (κ3) is 4.65. The van der Waals surface area contributed by atoms with Crippen LogP contribution in [-0.2, 0) is 10.0 Å². The van der Waals surface area contributed by atoms with Crippen molar-refractivity contribution >= 4 is 38.9 Å². The lowest BCUT2D eigenvalue weighted by Crippen LogP contribution is -2.14. The minimum absolute atomic E-state index is 0.189. The molecule has 28 heavy (non-hydrogen) atoms. The number of amides is 1. The molecule has 9 heteroatoms. The molecule has 1 amide bonds. The van der Waals surface area contributed by atoms with Crippen molar-refractivity contribution in [3.05, 3.63) is 89.0 Å². The highest BCUT2D eigenvalue weighted by atomic mass is 35.5. The number of sulfonamides is 1. The minimum Gasteiger partial charge on any atom is -0.322 e. The Kier molecular flexibility index (Phi) is 5.62. The Labute approximate surface area is 165 Å². The van der Waals surface area contributed by atoms with Gasteiger partial charge in [0, 0.05) is 22.0 Å². The first-order valence-electron chi connectivity index (χ1n) is 7.89. The molecule has 3 rings (SSSR count). The lowest BCUT2D eigenvalue weighted by molar-refractivity contribution is 0.102. The summed E-state index contributed by atoms with van der Waals surface area (Å²) in [7, 11) is -4.09. The zero-order valence-corrected chi connectivity index (χ0v) is 15.7. The molecule has 0 radical (unpaired) electrons. The smallest absolute Gasteiger partial charge is 0.261 e. The maximum Gasteiger partial charge on any atom is 0.261 e. The summed E-state index contributed by atoms with van der Waals surface area (Å²) < 4.78 is 53.0. The molecular weight excluding hydrogens is 410 g/mol. The van der Waals surface area contributed by atoms with Crippen LogP contribution in [0.25, 0.3) is 0 Å². The average Bonchev–Trinajstić information content (AvgIpc) is 2.65. The SMILES string of the molecule is O=C(Nc1ccc(NS(=O)(=O)c2ccc(F)c(F)c2)cc1)c1ccc(Cl)cc1. The molecule has 144 valence electrons. The van der Waals surface area contributed by atoms with Crippen molar-refractivity contribution in [1.82, 2.24) is 0 Å². The van der Waals surface area contributed by atoms with Gasteiger partial charge in [0.1, 0.15) is 0 Å². The predicted octanol–water partition coefficient (Wildman–Crippen LogP) is 4.67. The predicted molar refractivity (Wildman–Crippen MR) is 103 cm³/mol. The molecule has 0 aliphatic rings. The molecule has 0 unspecified atom stereocenters. The van der Waals surface area contributed by atoms with E-state index in [1.165, 1.54) is 24.3 Å². The van der Waals surface area contributed by atoms with Crippen LogP contribution in [0.1, 0.15) is 10.4 Å². The maximum atomic E-state index is 13.3. The van der Waals surface area contributed by atoms with E-state index in [1.807, 2.05) is 0 Å². The number of halogens is 3. The zero-order chi connectivity index (χ0) is 20.3. The van der Waals surface area contributed by atoms with E-state index in [9.17, 15) is 22.0 Å². The molecule has 0 bridgehead atoms. The standard InChI is InChI=1S/C19H13ClF2N2O3S/c20-13-3-1-12(2-4-13)19(25)23-14-5-7-15(8-6-14)24-28(26,27)16-9-10-17(21)18(22)11-16/h1-11,24H,(H,23,25). The number of rotatable bonds is 5. The van der Waals surface area contributed by atoms with Crippen LogP contribution in [0.15, 0.2) is 71.6 Å². The summed E-state index contributed by atoms with van der Waals surface area (Å²) >= 11 is 5.78. The van der Waals surface area contributed by atoms with Gasteiger partial charge < -0.3 is 5.32 Å². The summed E-state index contributed by atoms with van der Waals surface area (Å²) in [6.07, 6.45) is 0. The maximum absolute atomic E-state index is 13.3. The summed E-state index contributed by atoms with van der Waals surface area (Å²) in [5.41, 5.74) is 1.04. The summed E-state index contributed by atoms with van der Waals surface area (Å²) in [4.78, 5) is 11.7. The number of nitrogens with one attached hydrogen (secondary N) is 2. The van der Waals surface area contributed by atoms with Gasteiger partial charge in [-0.25, -0.2) is 17.2 Å². The second-order valence-corrected chi connectivity index (χ2v) is 7.84. The normalized spacial score (nSPS) is 11.1. The van der Waals surface area contributed by atoms with E-state index in [1.54, 1.807) is 24.3 Å². The highest BCUT2D eigenvalue weighted by Crippen LogP contribution is 2.20. The Morgan fingerprint density at radius 2 is 1.43 bits per heavy atom. The monoisotopic (exact) mass is 422 g/mol. The van der Waals surface area contributed by atoms with Crippen LogP contribution in [0.5, 0.6) is 0 Å². The fourth-order valence-corrected chi connectivity index (χ4v) is 3.48. The molecule has 3 aromatic carbocycles. The van der Waals surface area contributed by atoms with Crippen molar-refractivity contribution in [3.8, 4) is 0 Å². The molecule has 0 atom stereocenters. The Morgan fingerprint density at radius 3 is 2.04 bits per heavy atom. The fourth-order valence-electron chi connectivity index (χ4n) is 2.28. The molecule has 2 N–H and O–H groups in total. The summed E-state index contributed by atoms with van der Waals surface area (Å²) in [6, 6.07) is 14.5. The fraction of sp³-hybridized carbons (Fsp3) is 0. The van der Waals surface area contributed by atoms with Crippen molar-refractivity contribution in [2.75, 3.05) is 10.0 Å². The Hall–Kier alpha value is -2.97. The van der Waals surface area contributed by atoms with Gasteiger partial charge in [-0.1, -0.05) is 11.6 Å². The van der Waals surface area contributed by atoms with E-state index < -0.39 is 26.6 Å². The number of benzene rings is 3. The van der Waals surface area contributed by atoms with Crippen molar-refractivity contribution in [3.63, 3.8) is 0 Å². The average molecular weight is 423 g/mol. The van der Waals surface area contributed by atoms with Gasteiger partial charge in [0.15, 0.2) is 11.6 Å². The topological polar surface area (TPSA) is 75.3 Å². The van der Waals surface area contributed by atoms with Gasteiger partial charge in [-0.15, -0.1) is 0 Å². The van der Waals surface area contributed by atoms with Gasteiger partial charge in [-0.2, -0.15) is 0 Å². The van der Waals surface area contributed by atoms with Crippen LogP contribution >= 0.6 is 11.6 Å². The third-order valence-electron chi connectivity index (χ3n) is 3.70. The zero-order valence-electron chi connectivity index (χ0n) is 14.1. The van der Waals surface area contributed by atoms with Crippen LogP contribution in [-0.4, -0.2) is 14.3 Å². The van der Waals surface area contributed by atoms with Crippen molar-refractivity contribution in [2.45, 2.75) is 4.90 Å². The molecule has 0 aromatic heterocycles. The molecule has 5 nitrogen and oxygen atoms in total. The Balaban J connectivity index is 1.70. The van der Waals surface area contributed by atoms with E-state index in [0.29, 0.717) is 22.3 Å². The molecule has 0 fully saturated rings. The lowest BCUT2D eigenvalue weighted by Gasteiger charge is -2.10. The van der Waals surface area contributed by atoms with Gasteiger partial charge in [0.25, 0.3) is 15.9 Å². The lowest BCUT2D eigenvalue weighted by atomic mass is 10.2. The molecular formula is C19H13ClF2N2O3S. The summed E-state index contributed by atoms with van der Waals surface area (Å²) in [6.45, 7) is 0. The van der Waals surface area contributed by atoms with Gasteiger partial charge in [-0.3, -0.25) is 9.52 Å². The second kappa shape index (κ2) is 7.95. The van der Waals surface area contributed by atoms with Crippen molar-refractivity contribution in [2.24, 2.45) is 0 Å². The highest BCUT2D eigenvalue weighted by molar-refractivity contribution is 7.92. The molecule has 3 aromatic rings. The first kappa shape index (κ1) is 19.8. The number of carbonyl (C=O) groups excluding carboxylic acids is 1. The van der Waals surface area contributed by atoms with Crippen molar-refractivity contribution < 1.29 is 22.0 Å². The van der Waals surface area contributed by atoms with E-state index in [0.717, 1.165) is 12.1 Å². The van der Waals surface area contributed by atoms with E-state index in [-0.39, 0.29) is 11.6 Å². The first-order chi connectivity index (χ1) is 13.2. The molecule has 0 aliphatic heterocycles. The second-order valence-electron chi connectivity index (χ2n) is 5.72. The van der Waals surface area contributed by atoms with E-state index >= 15 is 0 Å². The third-order valence-corrected chi connectivity index (χ3v) is 5.33. The molecule has 0 saturated heterocycles. The van der Waals surface area contributed by atoms with Gasteiger partial charge in [0.2, 0.25) is 0 Å². The van der Waals surface area contributed by atoms with Gasteiger partial charge in [-0.05, 0) is 66.7 Å². The van der Waals surface area contributed by atoms with Crippen LogP contribution in [0, 0.1) is 11.6 Å². The van der Waals surface area contributed by atoms with E-state index in [2.05, 4.69) is 10.0 Å². The molecule has 0 heterocycles. The highest BCUT2D eigenvalue weighted by Gasteiger charge is 2.16. The Morgan fingerprint density at radius 1 is 0.821 bits per heavy atom. The van der Waals surface area contributed by atoms with Crippen LogP contribution in [0.3, 0.4) is 0 Å². The molecule has 0 aliphatic carbocycles. The Bertz CT molecular complexity index is 1120. The van der Waals surface area contributed by atoms with Crippen LogP contribution < -0.4 is 10.0 Å². The number of carbonyl (C=O) groups is 1. The van der Waals surface area contributed by atoms with Gasteiger partial charge in [0.05, 0.1) is 4.90 Å². The van der Waals surface area contributed by atoms with E-state index in [4.69, 9.17) is 11.6 Å².